The van der Waals surface area contributed by atoms with Crippen molar-refractivity contribution in [3.63, 3.8) is 0 Å². The number of anilines is 1. The predicted molar refractivity (Wildman–Crippen MR) is 78.2 cm³/mol. The molecule has 2 rings (SSSR count). The molecule has 1 unspecified atom stereocenters. The molecule has 0 aromatic carbocycles. The summed E-state index contributed by atoms with van der Waals surface area (Å²) in [7, 11) is 0. The molecule has 0 aliphatic heterocycles. The summed E-state index contributed by atoms with van der Waals surface area (Å²) in [5.41, 5.74) is 1.40. The summed E-state index contributed by atoms with van der Waals surface area (Å²) in [5.74, 6) is 0.992. The van der Waals surface area contributed by atoms with Gasteiger partial charge in [-0.05, 0) is 42.2 Å². The lowest BCUT2D eigenvalue weighted by Gasteiger charge is -2.15. The van der Waals surface area contributed by atoms with Crippen molar-refractivity contribution in [3.05, 3.63) is 34.8 Å². The van der Waals surface area contributed by atoms with Crippen molar-refractivity contribution in [2.24, 2.45) is 0 Å². The number of rotatable bonds is 7. The maximum absolute atomic E-state index is 4.39. The number of hydrogen-bond donors (Lipinski definition) is 1. The van der Waals surface area contributed by atoms with Crippen LogP contribution in [-0.4, -0.2) is 15.6 Å². The molecule has 2 heterocycles. The lowest BCUT2D eigenvalue weighted by atomic mass is 10.1. The standard InChI is InChI=1S/C14H21N3S/c1-3-4-7-17-8-6-15-14(17)16-12(2)10-13-5-9-18-11-13/h5-6,8-9,11-12H,3-4,7,10H2,1-2H3,(H,15,16). The van der Waals surface area contributed by atoms with E-state index < -0.39 is 0 Å². The third-order valence-corrected chi connectivity index (χ3v) is 3.70. The topological polar surface area (TPSA) is 29.9 Å². The summed E-state index contributed by atoms with van der Waals surface area (Å²) in [6, 6.07) is 2.59. The van der Waals surface area contributed by atoms with Gasteiger partial charge in [-0.2, -0.15) is 11.3 Å². The number of unbranched alkanes of at least 4 members (excludes halogenated alkanes) is 1. The van der Waals surface area contributed by atoms with Crippen molar-refractivity contribution < 1.29 is 0 Å². The van der Waals surface area contributed by atoms with E-state index in [9.17, 15) is 0 Å². The smallest absolute Gasteiger partial charge is 0.202 e. The summed E-state index contributed by atoms with van der Waals surface area (Å²) in [4.78, 5) is 4.39. The quantitative estimate of drug-likeness (QED) is 0.823. The molecule has 0 radical (unpaired) electrons. The molecule has 18 heavy (non-hydrogen) atoms. The van der Waals surface area contributed by atoms with Gasteiger partial charge >= 0.3 is 0 Å². The molecule has 0 amide bonds. The predicted octanol–water partition coefficient (Wildman–Crippen LogP) is 3.79. The van der Waals surface area contributed by atoms with Crippen molar-refractivity contribution in [3.8, 4) is 0 Å². The lowest BCUT2D eigenvalue weighted by molar-refractivity contribution is 0.628. The molecule has 3 nitrogen and oxygen atoms in total. The minimum absolute atomic E-state index is 0.405. The highest BCUT2D eigenvalue weighted by Gasteiger charge is 2.08. The fourth-order valence-electron chi connectivity index (χ4n) is 1.99. The molecule has 0 aliphatic rings. The maximum atomic E-state index is 4.39. The van der Waals surface area contributed by atoms with Crippen molar-refractivity contribution >= 4 is 17.3 Å². The van der Waals surface area contributed by atoms with Gasteiger partial charge in [-0.1, -0.05) is 13.3 Å². The largest absolute Gasteiger partial charge is 0.353 e. The zero-order valence-electron chi connectivity index (χ0n) is 11.1. The van der Waals surface area contributed by atoms with Gasteiger partial charge in [0, 0.05) is 25.0 Å². The summed E-state index contributed by atoms with van der Waals surface area (Å²) in [6.07, 6.45) is 7.38. The first-order chi connectivity index (χ1) is 8.79. The Labute approximate surface area is 113 Å². The molecule has 2 aromatic heterocycles. The van der Waals surface area contributed by atoms with Crippen LogP contribution in [0.3, 0.4) is 0 Å². The Bertz CT molecular complexity index is 447. The van der Waals surface area contributed by atoms with Gasteiger partial charge in [-0.15, -0.1) is 0 Å². The van der Waals surface area contributed by atoms with Crippen LogP contribution in [0.4, 0.5) is 5.95 Å². The van der Waals surface area contributed by atoms with Gasteiger partial charge in [0.1, 0.15) is 0 Å². The van der Waals surface area contributed by atoms with Gasteiger partial charge in [-0.3, -0.25) is 0 Å². The fraction of sp³-hybridized carbons (Fsp3) is 0.500. The molecule has 0 spiro atoms. The third kappa shape index (κ3) is 3.60. The molecule has 2 aromatic rings. The van der Waals surface area contributed by atoms with E-state index >= 15 is 0 Å². The lowest BCUT2D eigenvalue weighted by Crippen LogP contribution is -2.20. The summed E-state index contributed by atoms with van der Waals surface area (Å²) in [6.45, 7) is 5.46. The van der Waals surface area contributed by atoms with E-state index in [2.05, 4.69) is 51.7 Å². The molecule has 0 saturated heterocycles. The average molecular weight is 263 g/mol. The molecule has 0 aliphatic carbocycles. The first kappa shape index (κ1) is 13.1. The minimum atomic E-state index is 0.405. The Morgan fingerprint density at radius 2 is 2.39 bits per heavy atom. The Kier molecular flexibility index (Phi) is 4.81. The number of aryl methyl sites for hydroxylation is 1. The number of aromatic nitrogens is 2. The monoisotopic (exact) mass is 263 g/mol. The van der Waals surface area contributed by atoms with Crippen molar-refractivity contribution in [1.29, 1.82) is 0 Å². The maximum Gasteiger partial charge on any atom is 0.202 e. The average Bonchev–Trinajstić information content (AvgIpc) is 2.98. The normalized spacial score (nSPS) is 12.6. The summed E-state index contributed by atoms with van der Waals surface area (Å²) < 4.78 is 2.20. The van der Waals surface area contributed by atoms with Gasteiger partial charge in [0.15, 0.2) is 0 Å². The van der Waals surface area contributed by atoms with Crippen LogP contribution in [0.1, 0.15) is 32.3 Å². The number of hydrogen-bond acceptors (Lipinski definition) is 3. The molecule has 1 atom stereocenters. The molecule has 98 valence electrons. The van der Waals surface area contributed by atoms with E-state index in [1.54, 1.807) is 11.3 Å². The van der Waals surface area contributed by atoms with E-state index in [0.29, 0.717) is 6.04 Å². The minimum Gasteiger partial charge on any atom is -0.353 e. The van der Waals surface area contributed by atoms with Crippen LogP contribution in [-0.2, 0) is 13.0 Å². The third-order valence-electron chi connectivity index (χ3n) is 2.97. The van der Waals surface area contributed by atoms with Crippen LogP contribution in [0.5, 0.6) is 0 Å². The molecule has 0 saturated carbocycles. The summed E-state index contributed by atoms with van der Waals surface area (Å²) in [5, 5.41) is 7.83. The van der Waals surface area contributed by atoms with E-state index in [0.717, 1.165) is 18.9 Å². The Morgan fingerprint density at radius 1 is 1.50 bits per heavy atom. The van der Waals surface area contributed by atoms with E-state index in [1.165, 1.54) is 18.4 Å². The van der Waals surface area contributed by atoms with Crippen LogP contribution in [0.2, 0.25) is 0 Å². The van der Waals surface area contributed by atoms with Crippen LogP contribution in [0.15, 0.2) is 29.2 Å². The van der Waals surface area contributed by atoms with Gasteiger partial charge in [0.2, 0.25) is 5.95 Å². The van der Waals surface area contributed by atoms with Crippen molar-refractivity contribution in [2.75, 3.05) is 5.32 Å². The second kappa shape index (κ2) is 6.59. The highest BCUT2D eigenvalue weighted by Crippen LogP contribution is 2.13. The Balaban J connectivity index is 1.90. The second-order valence-corrected chi connectivity index (χ2v) is 5.46. The molecule has 1 N–H and O–H groups in total. The number of imidazole rings is 1. The first-order valence-corrected chi connectivity index (χ1v) is 7.52. The molecule has 0 bridgehead atoms. The first-order valence-electron chi connectivity index (χ1n) is 6.58. The van der Waals surface area contributed by atoms with Crippen LogP contribution in [0, 0.1) is 0 Å². The molecule has 4 heteroatoms. The summed E-state index contributed by atoms with van der Waals surface area (Å²) >= 11 is 1.76. The fourth-order valence-corrected chi connectivity index (χ4v) is 2.67. The molecular weight excluding hydrogens is 242 g/mol. The molecular formula is C14H21N3S. The highest BCUT2D eigenvalue weighted by molar-refractivity contribution is 7.07. The van der Waals surface area contributed by atoms with Gasteiger partial charge in [-0.25, -0.2) is 4.98 Å². The SMILES string of the molecule is CCCCn1ccnc1NC(C)Cc1ccsc1. The van der Waals surface area contributed by atoms with E-state index in [1.807, 2.05) is 6.20 Å². The zero-order valence-corrected chi connectivity index (χ0v) is 11.9. The van der Waals surface area contributed by atoms with Gasteiger partial charge in [0.05, 0.1) is 0 Å². The van der Waals surface area contributed by atoms with Crippen LogP contribution in [0.25, 0.3) is 0 Å². The van der Waals surface area contributed by atoms with Crippen molar-refractivity contribution in [1.82, 2.24) is 9.55 Å². The number of nitrogens with zero attached hydrogens (tertiary/aromatic N) is 2. The van der Waals surface area contributed by atoms with Crippen molar-refractivity contribution in [2.45, 2.75) is 45.7 Å². The molecule has 0 fully saturated rings. The highest BCUT2D eigenvalue weighted by atomic mass is 32.1. The Morgan fingerprint density at radius 3 is 3.11 bits per heavy atom. The van der Waals surface area contributed by atoms with Crippen LogP contribution < -0.4 is 5.32 Å². The van der Waals surface area contributed by atoms with Gasteiger partial charge in [0.25, 0.3) is 0 Å². The number of thiophene rings is 1. The van der Waals surface area contributed by atoms with Crippen LogP contribution >= 0.6 is 11.3 Å². The number of nitrogens with one attached hydrogen (secondary N) is 1. The second-order valence-electron chi connectivity index (χ2n) is 4.68. The van der Waals surface area contributed by atoms with E-state index in [4.69, 9.17) is 0 Å². The van der Waals surface area contributed by atoms with Gasteiger partial charge < -0.3 is 9.88 Å². The van der Waals surface area contributed by atoms with E-state index in [-0.39, 0.29) is 0 Å². The zero-order chi connectivity index (χ0) is 12.8. The Hall–Kier alpha value is -1.29.